The van der Waals surface area contributed by atoms with Gasteiger partial charge in [-0.3, -0.25) is 4.79 Å². The van der Waals surface area contributed by atoms with Crippen LogP contribution in [0.15, 0.2) is 36.5 Å². The smallest absolute Gasteiger partial charge is 0.407 e. The number of halogens is 1. The number of imidazole rings is 1. The van der Waals surface area contributed by atoms with Crippen molar-refractivity contribution in [3.05, 3.63) is 53.6 Å². The number of benzene rings is 1. The zero-order chi connectivity index (χ0) is 22.5. The van der Waals surface area contributed by atoms with Crippen molar-refractivity contribution in [1.82, 2.24) is 24.8 Å². The van der Waals surface area contributed by atoms with Gasteiger partial charge in [-0.25, -0.2) is 18.7 Å². The molecule has 2 saturated heterocycles. The zero-order valence-corrected chi connectivity index (χ0v) is 18.0. The second kappa shape index (κ2) is 7.58. The van der Waals surface area contributed by atoms with E-state index in [1.807, 2.05) is 6.07 Å². The lowest BCUT2D eigenvalue weighted by Crippen LogP contribution is -2.48. The number of rotatable bonds is 3. The van der Waals surface area contributed by atoms with E-state index in [-0.39, 0.29) is 17.6 Å². The molecule has 2 aliphatic rings. The summed E-state index contributed by atoms with van der Waals surface area (Å²) in [6.45, 7) is 5.58. The average Bonchev–Trinajstić information content (AvgIpc) is 3.37. The first kappa shape index (κ1) is 20.4. The van der Waals surface area contributed by atoms with Crippen LogP contribution in [0, 0.1) is 5.82 Å². The third-order valence-electron chi connectivity index (χ3n) is 6.26. The second-order valence-electron chi connectivity index (χ2n) is 8.76. The van der Waals surface area contributed by atoms with Crippen LogP contribution in [0.3, 0.4) is 0 Å². The van der Waals surface area contributed by atoms with Crippen molar-refractivity contribution < 1.29 is 18.7 Å². The molecule has 2 amide bonds. The van der Waals surface area contributed by atoms with E-state index in [4.69, 9.17) is 4.74 Å². The number of carbonyl (C=O) groups is 2. The van der Waals surface area contributed by atoms with E-state index in [0.717, 1.165) is 11.1 Å². The molecule has 4 heterocycles. The van der Waals surface area contributed by atoms with Gasteiger partial charge in [0.2, 0.25) is 0 Å². The number of hydrogen-bond acceptors (Lipinski definition) is 5. The number of hydrogen-bond donors (Lipinski definition) is 1. The number of piperidine rings is 1. The number of aromatic nitrogens is 3. The highest BCUT2D eigenvalue weighted by atomic mass is 19.1. The molecule has 0 saturated carbocycles. The summed E-state index contributed by atoms with van der Waals surface area (Å²) < 4.78 is 20.4. The van der Waals surface area contributed by atoms with E-state index in [9.17, 15) is 14.0 Å². The molecule has 0 unspecified atom stereocenters. The summed E-state index contributed by atoms with van der Waals surface area (Å²) in [6.07, 6.45) is 2.44. The summed E-state index contributed by atoms with van der Waals surface area (Å²) in [6, 6.07) is 8.12. The maximum Gasteiger partial charge on any atom is 0.407 e. The highest BCUT2D eigenvalue weighted by Gasteiger charge is 2.43. The van der Waals surface area contributed by atoms with E-state index in [0.29, 0.717) is 49.5 Å². The molecule has 166 valence electrons. The van der Waals surface area contributed by atoms with Crippen LogP contribution in [-0.2, 0) is 4.74 Å². The Morgan fingerprint density at radius 2 is 1.94 bits per heavy atom. The zero-order valence-electron chi connectivity index (χ0n) is 18.0. The van der Waals surface area contributed by atoms with Crippen molar-refractivity contribution in [3.63, 3.8) is 0 Å². The normalized spacial score (nSPS) is 17.8. The Kier molecular flexibility index (Phi) is 4.83. The Morgan fingerprint density at radius 3 is 2.56 bits per heavy atom. The SMILES string of the molecule is CC(C)c1cc(-c2ccc(F)cc2)nn2cc(C(=O)N3CCC4(CC3)CNC(=O)O4)nc12. The Bertz CT molecular complexity index is 1200. The summed E-state index contributed by atoms with van der Waals surface area (Å²) >= 11 is 0. The van der Waals surface area contributed by atoms with Crippen LogP contribution in [0.1, 0.15) is 48.7 Å². The molecule has 3 aromatic rings. The van der Waals surface area contributed by atoms with E-state index in [1.165, 1.54) is 12.1 Å². The molecular weight excluding hydrogens is 413 g/mol. The van der Waals surface area contributed by atoms with Crippen molar-refractivity contribution in [2.75, 3.05) is 19.6 Å². The van der Waals surface area contributed by atoms with Crippen molar-refractivity contribution in [1.29, 1.82) is 0 Å². The van der Waals surface area contributed by atoms with Gasteiger partial charge in [0.05, 0.1) is 18.4 Å². The molecule has 1 spiro atoms. The molecule has 8 nitrogen and oxygen atoms in total. The molecule has 1 N–H and O–H groups in total. The van der Waals surface area contributed by atoms with Gasteiger partial charge in [0.15, 0.2) is 5.65 Å². The molecule has 0 aliphatic carbocycles. The average molecular weight is 437 g/mol. The van der Waals surface area contributed by atoms with Crippen LogP contribution in [-0.4, -0.2) is 56.7 Å². The van der Waals surface area contributed by atoms with Crippen LogP contribution in [0.2, 0.25) is 0 Å². The van der Waals surface area contributed by atoms with Gasteiger partial charge in [-0.1, -0.05) is 13.8 Å². The first-order valence-electron chi connectivity index (χ1n) is 10.8. The summed E-state index contributed by atoms with van der Waals surface area (Å²) in [7, 11) is 0. The molecule has 2 aromatic heterocycles. The number of fused-ring (bicyclic) bond motifs is 1. The molecule has 0 atom stereocenters. The third-order valence-corrected chi connectivity index (χ3v) is 6.26. The topological polar surface area (TPSA) is 88.8 Å². The lowest BCUT2D eigenvalue weighted by atomic mass is 9.91. The number of amides is 2. The fourth-order valence-electron chi connectivity index (χ4n) is 4.35. The van der Waals surface area contributed by atoms with Gasteiger partial charge in [0.1, 0.15) is 17.1 Å². The van der Waals surface area contributed by atoms with E-state index in [1.54, 1.807) is 27.7 Å². The number of ether oxygens (including phenoxy) is 1. The van der Waals surface area contributed by atoms with Crippen molar-refractivity contribution >= 4 is 17.6 Å². The van der Waals surface area contributed by atoms with E-state index in [2.05, 4.69) is 29.2 Å². The minimum atomic E-state index is -0.511. The fourth-order valence-corrected chi connectivity index (χ4v) is 4.35. The summed E-state index contributed by atoms with van der Waals surface area (Å²) in [5.41, 5.74) is 2.89. The van der Waals surface area contributed by atoms with Crippen LogP contribution < -0.4 is 5.32 Å². The summed E-state index contributed by atoms with van der Waals surface area (Å²) in [5.74, 6) is -0.314. The van der Waals surface area contributed by atoms with E-state index < -0.39 is 11.7 Å². The number of nitrogens with one attached hydrogen (secondary N) is 1. The number of nitrogens with zero attached hydrogens (tertiary/aromatic N) is 4. The molecule has 9 heteroatoms. The molecule has 0 radical (unpaired) electrons. The molecular formula is C23H24FN5O3. The predicted molar refractivity (Wildman–Crippen MR) is 115 cm³/mol. The van der Waals surface area contributed by atoms with Crippen LogP contribution in [0.4, 0.5) is 9.18 Å². The summed E-state index contributed by atoms with van der Waals surface area (Å²) in [4.78, 5) is 31.0. The number of alkyl carbamates (subject to hydrolysis) is 1. The Labute approximate surface area is 184 Å². The maximum absolute atomic E-state index is 13.3. The highest BCUT2D eigenvalue weighted by molar-refractivity contribution is 5.93. The Morgan fingerprint density at radius 1 is 1.22 bits per heavy atom. The van der Waals surface area contributed by atoms with Gasteiger partial charge in [-0.2, -0.15) is 5.10 Å². The fraction of sp³-hybridized carbons (Fsp3) is 0.391. The molecule has 32 heavy (non-hydrogen) atoms. The van der Waals surface area contributed by atoms with Gasteiger partial charge in [0.25, 0.3) is 5.91 Å². The van der Waals surface area contributed by atoms with Gasteiger partial charge in [-0.15, -0.1) is 0 Å². The predicted octanol–water partition coefficient (Wildman–Crippen LogP) is 3.37. The largest absolute Gasteiger partial charge is 0.441 e. The van der Waals surface area contributed by atoms with Gasteiger partial charge in [0, 0.05) is 37.1 Å². The lowest BCUT2D eigenvalue weighted by Gasteiger charge is -2.36. The Balaban J connectivity index is 1.43. The molecule has 0 bridgehead atoms. The second-order valence-corrected chi connectivity index (χ2v) is 8.76. The number of carbonyl (C=O) groups excluding carboxylic acids is 2. The van der Waals surface area contributed by atoms with Crippen molar-refractivity contribution in [2.45, 2.75) is 38.2 Å². The van der Waals surface area contributed by atoms with Crippen molar-refractivity contribution in [3.8, 4) is 11.3 Å². The quantitative estimate of drug-likeness (QED) is 0.679. The lowest BCUT2D eigenvalue weighted by molar-refractivity contribution is 0.00315. The van der Waals surface area contributed by atoms with Crippen molar-refractivity contribution in [2.24, 2.45) is 0 Å². The number of likely N-dealkylation sites (tertiary alicyclic amines) is 1. The molecule has 2 fully saturated rings. The van der Waals surface area contributed by atoms with E-state index >= 15 is 0 Å². The van der Waals surface area contributed by atoms with Crippen LogP contribution in [0.5, 0.6) is 0 Å². The first-order valence-corrected chi connectivity index (χ1v) is 10.8. The minimum absolute atomic E-state index is 0.157. The Hall–Kier alpha value is -3.49. The molecule has 5 rings (SSSR count). The van der Waals surface area contributed by atoms with Gasteiger partial charge < -0.3 is 15.0 Å². The standard InChI is InChI=1S/C23H24FN5O3/c1-14(2)17-11-18(15-3-5-16(24)6-4-15)27-29-12-19(26-20(17)29)21(30)28-9-7-23(8-10-28)13-25-22(31)32-23/h3-6,11-12,14H,7-10,13H2,1-2H3,(H,25,31). The van der Waals surface area contributed by atoms with Gasteiger partial charge >= 0.3 is 6.09 Å². The minimum Gasteiger partial charge on any atom is -0.441 e. The monoisotopic (exact) mass is 437 g/mol. The summed E-state index contributed by atoms with van der Waals surface area (Å²) in [5, 5.41) is 7.33. The molecule has 1 aromatic carbocycles. The third kappa shape index (κ3) is 3.57. The maximum atomic E-state index is 13.3. The molecule has 2 aliphatic heterocycles. The van der Waals surface area contributed by atoms with Crippen LogP contribution in [0.25, 0.3) is 16.9 Å². The van der Waals surface area contributed by atoms with Crippen LogP contribution >= 0.6 is 0 Å². The highest BCUT2D eigenvalue weighted by Crippen LogP contribution is 2.30. The first-order chi connectivity index (χ1) is 15.3. The van der Waals surface area contributed by atoms with Gasteiger partial charge in [-0.05, 0) is 36.2 Å².